The van der Waals surface area contributed by atoms with E-state index in [1.165, 1.54) is 16.8 Å². The Hall–Kier alpha value is -1.65. The molecule has 2 aromatic rings. The van der Waals surface area contributed by atoms with Gasteiger partial charge in [-0.1, -0.05) is 30.3 Å². The predicted octanol–water partition coefficient (Wildman–Crippen LogP) is 3.16. The van der Waals surface area contributed by atoms with E-state index in [-0.39, 0.29) is 6.10 Å². The maximum absolute atomic E-state index is 9.78. The average Bonchev–Trinajstić information content (AvgIpc) is 2.81. The van der Waals surface area contributed by atoms with Gasteiger partial charge in [-0.25, -0.2) is 0 Å². The molecule has 2 atom stereocenters. The van der Waals surface area contributed by atoms with E-state index in [4.69, 9.17) is 0 Å². The summed E-state index contributed by atoms with van der Waals surface area (Å²) < 4.78 is 2.05. The predicted molar refractivity (Wildman–Crippen MR) is 94.6 cm³/mol. The van der Waals surface area contributed by atoms with E-state index in [0.717, 1.165) is 31.7 Å². The zero-order chi connectivity index (χ0) is 16.8. The van der Waals surface area contributed by atoms with E-state index in [1.54, 1.807) is 0 Å². The molecular formula is C19H29N3O. The van der Waals surface area contributed by atoms with Crippen LogP contribution in [0.2, 0.25) is 0 Å². The molecule has 1 aromatic heterocycles. The lowest BCUT2D eigenvalue weighted by atomic mass is 9.93. The van der Waals surface area contributed by atoms with Gasteiger partial charge in [-0.3, -0.25) is 4.68 Å². The Balaban J connectivity index is 2.01. The zero-order valence-corrected chi connectivity index (χ0v) is 14.7. The Bertz CT molecular complexity index is 605. The third-order valence-electron chi connectivity index (χ3n) is 4.42. The SMILES string of the molecule is CCn1nc(C)c(CNCC(CC(C)O)c2ccccc2)c1C. The molecule has 0 fully saturated rings. The molecule has 0 saturated heterocycles. The van der Waals surface area contributed by atoms with Crippen molar-refractivity contribution in [1.82, 2.24) is 15.1 Å². The quantitative estimate of drug-likeness (QED) is 0.787. The van der Waals surface area contributed by atoms with Gasteiger partial charge in [0, 0.05) is 30.9 Å². The molecule has 0 saturated carbocycles. The molecule has 0 aliphatic heterocycles. The first-order valence-corrected chi connectivity index (χ1v) is 8.49. The van der Waals surface area contributed by atoms with Gasteiger partial charge >= 0.3 is 0 Å². The first kappa shape index (κ1) is 17.7. The van der Waals surface area contributed by atoms with Crippen LogP contribution in [-0.4, -0.2) is 27.5 Å². The Morgan fingerprint density at radius 3 is 2.48 bits per heavy atom. The standard InChI is InChI=1S/C19H29N3O/c1-5-22-16(4)19(15(3)21-22)13-20-12-18(11-14(2)23)17-9-7-6-8-10-17/h6-10,14,18,20,23H,5,11-13H2,1-4H3. The highest BCUT2D eigenvalue weighted by Gasteiger charge is 2.15. The number of aliphatic hydroxyl groups is 1. The summed E-state index contributed by atoms with van der Waals surface area (Å²) in [6, 6.07) is 10.4. The van der Waals surface area contributed by atoms with Crippen LogP contribution in [0.1, 0.15) is 48.7 Å². The van der Waals surface area contributed by atoms with Gasteiger partial charge in [-0.2, -0.15) is 5.10 Å². The van der Waals surface area contributed by atoms with Gasteiger partial charge in [0.25, 0.3) is 0 Å². The van der Waals surface area contributed by atoms with Crippen molar-refractivity contribution in [2.24, 2.45) is 0 Å². The van der Waals surface area contributed by atoms with Crippen molar-refractivity contribution in [3.63, 3.8) is 0 Å². The lowest BCUT2D eigenvalue weighted by molar-refractivity contribution is 0.173. The molecule has 4 nitrogen and oxygen atoms in total. The van der Waals surface area contributed by atoms with E-state index in [9.17, 15) is 5.11 Å². The zero-order valence-electron chi connectivity index (χ0n) is 14.7. The Morgan fingerprint density at radius 1 is 1.22 bits per heavy atom. The first-order valence-electron chi connectivity index (χ1n) is 8.49. The first-order chi connectivity index (χ1) is 11.0. The summed E-state index contributed by atoms with van der Waals surface area (Å²) in [5, 5.41) is 17.9. The number of rotatable bonds is 8. The van der Waals surface area contributed by atoms with Crippen molar-refractivity contribution >= 4 is 0 Å². The highest BCUT2D eigenvalue weighted by Crippen LogP contribution is 2.21. The molecule has 2 N–H and O–H groups in total. The van der Waals surface area contributed by atoms with Crippen molar-refractivity contribution < 1.29 is 5.11 Å². The van der Waals surface area contributed by atoms with E-state index >= 15 is 0 Å². The normalized spacial score (nSPS) is 14.0. The largest absolute Gasteiger partial charge is 0.393 e. The molecular weight excluding hydrogens is 286 g/mol. The van der Waals surface area contributed by atoms with Gasteiger partial charge in [0.05, 0.1) is 11.8 Å². The molecule has 1 aromatic carbocycles. The fourth-order valence-electron chi connectivity index (χ4n) is 3.14. The van der Waals surface area contributed by atoms with Gasteiger partial charge in [-0.05, 0) is 45.6 Å². The fourth-order valence-corrected chi connectivity index (χ4v) is 3.14. The number of hydrogen-bond acceptors (Lipinski definition) is 3. The average molecular weight is 315 g/mol. The Kier molecular flexibility index (Phi) is 6.37. The van der Waals surface area contributed by atoms with E-state index < -0.39 is 0 Å². The molecule has 126 valence electrons. The highest BCUT2D eigenvalue weighted by atomic mass is 16.3. The van der Waals surface area contributed by atoms with Crippen molar-refractivity contribution in [3.8, 4) is 0 Å². The van der Waals surface area contributed by atoms with Crippen LogP contribution >= 0.6 is 0 Å². The maximum Gasteiger partial charge on any atom is 0.0641 e. The molecule has 0 radical (unpaired) electrons. The molecule has 1 heterocycles. The second-order valence-electron chi connectivity index (χ2n) is 6.29. The van der Waals surface area contributed by atoms with Gasteiger partial charge < -0.3 is 10.4 Å². The summed E-state index contributed by atoms with van der Waals surface area (Å²) in [7, 11) is 0. The van der Waals surface area contributed by atoms with E-state index in [0.29, 0.717) is 5.92 Å². The van der Waals surface area contributed by atoms with Crippen LogP contribution < -0.4 is 5.32 Å². The summed E-state index contributed by atoms with van der Waals surface area (Å²) >= 11 is 0. The van der Waals surface area contributed by atoms with Crippen molar-refractivity contribution in [2.45, 2.75) is 59.2 Å². The smallest absolute Gasteiger partial charge is 0.0641 e. The fraction of sp³-hybridized carbons (Fsp3) is 0.526. The van der Waals surface area contributed by atoms with Crippen molar-refractivity contribution in [3.05, 3.63) is 52.8 Å². The minimum atomic E-state index is -0.298. The summed E-state index contributed by atoms with van der Waals surface area (Å²) in [4.78, 5) is 0. The highest BCUT2D eigenvalue weighted by molar-refractivity contribution is 5.25. The molecule has 0 aliphatic carbocycles. The molecule has 2 rings (SSSR count). The van der Waals surface area contributed by atoms with Crippen LogP contribution in [0.5, 0.6) is 0 Å². The third kappa shape index (κ3) is 4.66. The van der Waals surface area contributed by atoms with Gasteiger partial charge in [0.15, 0.2) is 0 Å². The summed E-state index contributed by atoms with van der Waals surface area (Å²) in [6.45, 7) is 10.7. The minimum Gasteiger partial charge on any atom is -0.393 e. The molecule has 4 heteroatoms. The van der Waals surface area contributed by atoms with Gasteiger partial charge in [0.1, 0.15) is 0 Å². The Morgan fingerprint density at radius 2 is 1.91 bits per heavy atom. The minimum absolute atomic E-state index is 0.298. The molecule has 23 heavy (non-hydrogen) atoms. The van der Waals surface area contributed by atoms with Crippen LogP contribution in [-0.2, 0) is 13.1 Å². The number of hydrogen-bond donors (Lipinski definition) is 2. The summed E-state index contributed by atoms with van der Waals surface area (Å²) in [5.41, 5.74) is 4.90. The molecule has 0 spiro atoms. The number of benzene rings is 1. The number of nitrogens with one attached hydrogen (secondary N) is 1. The second-order valence-corrected chi connectivity index (χ2v) is 6.29. The Labute approximate surface area is 139 Å². The number of aromatic nitrogens is 2. The lowest BCUT2D eigenvalue weighted by Crippen LogP contribution is -2.24. The monoisotopic (exact) mass is 315 g/mol. The van der Waals surface area contributed by atoms with Crippen molar-refractivity contribution in [2.75, 3.05) is 6.54 Å². The van der Waals surface area contributed by atoms with E-state index in [1.807, 2.05) is 13.0 Å². The van der Waals surface area contributed by atoms with Crippen LogP contribution in [0.3, 0.4) is 0 Å². The molecule has 0 bridgehead atoms. The van der Waals surface area contributed by atoms with Crippen LogP contribution in [0.15, 0.2) is 30.3 Å². The van der Waals surface area contributed by atoms with Gasteiger partial charge in [-0.15, -0.1) is 0 Å². The van der Waals surface area contributed by atoms with Crippen LogP contribution in [0.4, 0.5) is 0 Å². The molecule has 0 aliphatic rings. The third-order valence-corrected chi connectivity index (χ3v) is 4.42. The summed E-state index contributed by atoms with van der Waals surface area (Å²) in [6.07, 6.45) is 0.469. The second kappa shape index (κ2) is 8.27. The van der Waals surface area contributed by atoms with Crippen LogP contribution in [0, 0.1) is 13.8 Å². The number of aliphatic hydroxyl groups excluding tert-OH is 1. The van der Waals surface area contributed by atoms with E-state index in [2.05, 4.69) is 60.1 Å². The maximum atomic E-state index is 9.78. The molecule has 0 amide bonds. The molecule has 2 unspecified atom stereocenters. The number of aryl methyl sites for hydroxylation is 2. The lowest BCUT2D eigenvalue weighted by Gasteiger charge is -2.20. The number of nitrogens with zero attached hydrogens (tertiary/aromatic N) is 2. The topological polar surface area (TPSA) is 50.1 Å². The van der Waals surface area contributed by atoms with Crippen molar-refractivity contribution in [1.29, 1.82) is 0 Å². The van der Waals surface area contributed by atoms with Crippen LogP contribution in [0.25, 0.3) is 0 Å². The van der Waals surface area contributed by atoms with Gasteiger partial charge in [0.2, 0.25) is 0 Å². The summed E-state index contributed by atoms with van der Waals surface area (Å²) in [5.74, 6) is 0.318.